The van der Waals surface area contributed by atoms with E-state index in [1.165, 1.54) is 20.1 Å². The topological polar surface area (TPSA) is 81.7 Å². The lowest BCUT2D eigenvalue weighted by molar-refractivity contribution is -0.144. The number of nitrogens with one attached hydrogen (secondary N) is 1. The zero-order valence-corrected chi connectivity index (χ0v) is 12.8. The highest BCUT2D eigenvalue weighted by atomic mass is 32.2. The molecule has 0 radical (unpaired) electrons. The van der Waals surface area contributed by atoms with Gasteiger partial charge >= 0.3 is 5.97 Å². The van der Waals surface area contributed by atoms with Gasteiger partial charge in [0.15, 0.2) is 0 Å². The van der Waals surface area contributed by atoms with Crippen LogP contribution in [0.25, 0.3) is 0 Å². The van der Waals surface area contributed by atoms with Crippen LogP contribution in [0, 0.1) is 6.92 Å². The molecule has 0 fully saturated rings. The molecule has 1 unspecified atom stereocenters. The van der Waals surface area contributed by atoms with Crippen molar-refractivity contribution in [2.24, 2.45) is 0 Å². The van der Waals surface area contributed by atoms with Crippen LogP contribution in [0.2, 0.25) is 0 Å². The maximum absolute atomic E-state index is 12.3. The van der Waals surface area contributed by atoms with E-state index in [4.69, 9.17) is 9.47 Å². The molecular formula is C13H19NO5S. The molecular weight excluding hydrogens is 282 g/mol. The molecule has 7 heteroatoms. The Balaban J connectivity index is 3.05. The third-order valence-corrected chi connectivity index (χ3v) is 4.14. The first-order valence-electron chi connectivity index (χ1n) is 6.15. The van der Waals surface area contributed by atoms with E-state index < -0.39 is 22.0 Å². The summed E-state index contributed by atoms with van der Waals surface area (Å²) in [5, 5.41) is 0. The second kappa shape index (κ2) is 6.71. The van der Waals surface area contributed by atoms with E-state index in [2.05, 4.69) is 4.72 Å². The fourth-order valence-electron chi connectivity index (χ4n) is 1.61. The van der Waals surface area contributed by atoms with E-state index in [1.807, 2.05) is 0 Å². The van der Waals surface area contributed by atoms with Crippen LogP contribution in [0.1, 0.15) is 19.4 Å². The second-order valence-corrected chi connectivity index (χ2v) is 5.93. The molecule has 0 aliphatic rings. The van der Waals surface area contributed by atoms with Gasteiger partial charge in [0.1, 0.15) is 16.7 Å². The van der Waals surface area contributed by atoms with E-state index in [9.17, 15) is 13.2 Å². The molecule has 0 amide bonds. The van der Waals surface area contributed by atoms with Crippen molar-refractivity contribution in [3.63, 3.8) is 0 Å². The van der Waals surface area contributed by atoms with Crippen LogP contribution in [0.3, 0.4) is 0 Å². The Hall–Kier alpha value is -1.60. The molecule has 1 aromatic carbocycles. The van der Waals surface area contributed by atoms with Gasteiger partial charge in [-0.25, -0.2) is 8.42 Å². The lowest BCUT2D eigenvalue weighted by Crippen LogP contribution is -2.39. The molecule has 1 rings (SSSR count). The van der Waals surface area contributed by atoms with Crippen LogP contribution in [-0.4, -0.2) is 34.1 Å². The van der Waals surface area contributed by atoms with Gasteiger partial charge in [0, 0.05) is 0 Å². The van der Waals surface area contributed by atoms with Gasteiger partial charge in [-0.1, -0.05) is 6.07 Å². The van der Waals surface area contributed by atoms with Crippen LogP contribution in [0.4, 0.5) is 0 Å². The van der Waals surface area contributed by atoms with E-state index in [-0.39, 0.29) is 17.3 Å². The summed E-state index contributed by atoms with van der Waals surface area (Å²) < 4.78 is 36.7. The summed E-state index contributed by atoms with van der Waals surface area (Å²) >= 11 is 0. The number of sulfonamides is 1. The number of aryl methyl sites for hydroxylation is 1. The number of methoxy groups -OCH3 is 1. The molecule has 0 aromatic heterocycles. The van der Waals surface area contributed by atoms with Crippen molar-refractivity contribution in [1.82, 2.24) is 4.72 Å². The fourth-order valence-corrected chi connectivity index (χ4v) is 3.05. The Bertz CT molecular complexity index is 582. The lowest BCUT2D eigenvalue weighted by atomic mass is 10.2. The quantitative estimate of drug-likeness (QED) is 0.799. The summed E-state index contributed by atoms with van der Waals surface area (Å²) in [6, 6.07) is 3.83. The zero-order valence-electron chi connectivity index (χ0n) is 12.0. The van der Waals surface area contributed by atoms with Crippen molar-refractivity contribution < 1.29 is 22.7 Å². The van der Waals surface area contributed by atoms with Gasteiger partial charge in [-0.05, 0) is 38.5 Å². The van der Waals surface area contributed by atoms with Crippen LogP contribution >= 0.6 is 0 Å². The normalized spacial score (nSPS) is 12.8. The highest BCUT2D eigenvalue weighted by Gasteiger charge is 2.25. The molecule has 0 aliphatic heterocycles. The molecule has 112 valence electrons. The molecule has 6 nitrogen and oxygen atoms in total. The number of ether oxygens (including phenoxy) is 2. The van der Waals surface area contributed by atoms with Gasteiger partial charge in [0.25, 0.3) is 0 Å². The Labute approximate surface area is 119 Å². The van der Waals surface area contributed by atoms with Crippen molar-refractivity contribution in [3.05, 3.63) is 23.8 Å². The predicted molar refractivity (Wildman–Crippen MR) is 74.1 cm³/mol. The first-order chi connectivity index (χ1) is 9.31. The van der Waals surface area contributed by atoms with Gasteiger partial charge < -0.3 is 9.47 Å². The van der Waals surface area contributed by atoms with Crippen molar-refractivity contribution in [2.75, 3.05) is 13.7 Å². The van der Waals surface area contributed by atoms with Crippen molar-refractivity contribution in [1.29, 1.82) is 0 Å². The largest absolute Gasteiger partial charge is 0.495 e. The molecule has 0 heterocycles. The van der Waals surface area contributed by atoms with E-state index in [0.29, 0.717) is 0 Å². The van der Waals surface area contributed by atoms with Crippen LogP contribution in [0.5, 0.6) is 5.75 Å². The smallest absolute Gasteiger partial charge is 0.323 e. The van der Waals surface area contributed by atoms with E-state index in [0.717, 1.165) is 5.56 Å². The molecule has 20 heavy (non-hydrogen) atoms. The number of hydrogen-bond donors (Lipinski definition) is 1. The number of rotatable bonds is 6. The molecule has 0 aliphatic carbocycles. The SMILES string of the molecule is CCOC(=O)C(C)NS(=O)(=O)c1cc(C)ccc1OC. The van der Waals surface area contributed by atoms with E-state index in [1.54, 1.807) is 26.0 Å². The summed E-state index contributed by atoms with van der Waals surface area (Å²) in [7, 11) is -2.48. The molecule has 1 atom stereocenters. The molecule has 0 bridgehead atoms. The standard InChI is InChI=1S/C13H19NO5S/c1-5-19-13(15)10(3)14-20(16,17)12-8-9(2)6-7-11(12)18-4/h6-8,10,14H,5H2,1-4H3. The molecule has 0 saturated heterocycles. The van der Waals surface area contributed by atoms with Gasteiger partial charge in [-0.2, -0.15) is 4.72 Å². The van der Waals surface area contributed by atoms with Crippen LogP contribution in [-0.2, 0) is 19.6 Å². The van der Waals surface area contributed by atoms with Crippen molar-refractivity contribution >= 4 is 16.0 Å². The van der Waals surface area contributed by atoms with Crippen molar-refractivity contribution in [2.45, 2.75) is 31.7 Å². The number of benzene rings is 1. The Morgan fingerprint density at radius 3 is 2.60 bits per heavy atom. The third kappa shape index (κ3) is 3.94. The Morgan fingerprint density at radius 2 is 2.05 bits per heavy atom. The lowest BCUT2D eigenvalue weighted by Gasteiger charge is -2.15. The maximum Gasteiger partial charge on any atom is 0.323 e. The predicted octanol–water partition coefficient (Wildman–Crippen LogP) is 1.23. The molecule has 0 spiro atoms. The highest BCUT2D eigenvalue weighted by Crippen LogP contribution is 2.24. The van der Waals surface area contributed by atoms with Gasteiger partial charge in [-0.3, -0.25) is 4.79 Å². The summed E-state index contributed by atoms with van der Waals surface area (Å²) in [5.74, 6) is -0.401. The molecule has 1 N–H and O–H groups in total. The average molecular weight is 301 g/mol. The molecule has 0 saturated carbocycles. The average Bonchev–Trinajstić information content (AvgIpc) is 2.38. The summed E-state index contributed by atoms with van der Waals surface area (Å²) in [5.41, 5.74) is 0.773. The highest BCUT2D eigenvalue weighted by molar-refractivity contribution is 7.89. The summed E-state index contributed by atoms with van der Waals surface area (Å²) in [6.45, 7) is 5.05. The Morgan fingerprint density at radius 1 is 1.40 bits per heavy atom. The van der Waals surface area contributed by atoms with Crippen molar-refractivity contribution in [3.8, 4) is 5.75 Å². The number of carbonyl (C=O) groups excluding carboxylic acids is 1. The van der Waals surface area contributed by atoms with Gasteiger partial charge in [0.05, 0.1) is 13.7 Å². The first-order valence-corrected chi connectivity index (χ1v) is 7.63. The number of hydrogen-bond acceptors (Lipinski definition) is 5. The minimum atomic E-state index is -3.86. The van der Waals surface area contributed by atoms with E-state index >= 15 is 0 Å². The Kier molecular flexibility index (Phi) is 5.52. The summed E-state index contributed by atoms with van der Waals surface area (Å²) in [4.78, 5) is 11.5. The fraction of sp³-hybridized carbons (Fsp3) is 0.462. The second-order valence-electron chi connectivity index (χ2n) is 4.25. The minimum absolute atomic E-state index is 0.00357. The van der Waals surface area contributed by atoms with Gasteiger partial charge in [0.2, 0.25) is 10.0 Å². The first kappa shape index (κ1) is 16.5. The number of carbonyl (C=O) groups is 1. The monoisotopic (exact) mass is 301 g/mol. The minimum Gasteiger partial charge on any atom is -0.495 e. The maximum atomic E-state index is 12.3. The summed E-state index contributed by atoms with van der Waals surface area (Å²) in [6.07, 6.45) is 0. The number of esters is 1. The molecule has 1 aromatic rings. The van der Waals surface area contributed by atoms with Crippen LogP contribution in [0.15, 0.2) is 23.1 Å². The van der Waals surface area contributed by atoms with Crippen LogP contribution < -0.4 is 9.46 Å². The zero-order chi connectivity index (χ0) is 15.3. The third-order valence-electron chi connectivity index (χ3n) is 2.58. The van der Waals surface area contributed by atoms with Gasteiger partial charge in [-0.15, -0.1) is 0 Å².